The highest BCUT2D eigenvalue weighted by Crippen LogP contribution is 2.35. The fourth-order valence-corrected chi connectivity index (χ4v) is 4.50. The molecule has 2 N–H and O–H groups in total. The molecule has 10 heteroatoms. The van der Waals surface area contributed by atoms with Gasteiger partial charge >= 0.3 is 0 Å². The standard InChI is InChI=1S/C26H22ClN5O4/c1-15-21(26(36)31(29-15)17-8-6-16(27)7-9-17)14-28-32-24(34)19-5-3-4-18-22(30(2)12-13-33)11-10-20(23(18)19)25(32)35/h3-11,14,29,33H,12-13H2,1-2H3. The first-order valence-corrected chi connectivity index (χ1v) is 11.6. The summed E-state index contributed by atoms with van der Waals surface area (Å²) in [5, 5.41) is 19.0. The van der Waals surface area contributed by atoms with E-state index in [0.717, 1.165) is 16.1 Å². The number of aryl methyl sites for hydroxylation is 1. The Labute approximate surface area is 210 Å². The first kappa shape index (κ1) is 23.5. The van der Waals surface area contributed by atoms with Gasteiger partial charge in [0, 0.05) is 40.8 Å². The number of likely N-dealkylation sites (N-methyl/N-ethyl adjacent to an activating group) is 1. The van der Waals surface area contributed by atoms with Crippen molar-refractivity contribution in [3.8, 4) is 5.69 Å². The zero-order valence-electron chi connectivity index (χ0n) is 19.5. The van der Waals surface area contributed by atoms with Gasteiger partial charge in [-0.2, -0.15) is 10.1 Å². The summed E-state index contributed by atoms with van der Waals surface area (Å²) in [6, 6.07) is 15.4. The number of aliphatic hydroxyl groups excluding tert-OH is 1. The quantitative estimate of drug-likeness (QED) is 0.310. The molecule has 5 rings (SSSR count). The molecule has 36 heavy (non-hydrogen) atoms. The topological polar surface area (TPSA) is 111 Å². The lowest BCUT2D eigenvalue weighted by Crippen LogP contribution is -2.36. The average Bonchev–Trinajstić information content (AvgIpc) is 3.15. The first-order chi connectivity index (χ1) is 17.3. The summed E-state index contributed by atoms with van der Waals surface area (Å²) in [7, 11) is 1.83. The minimum absolute atomic E-state index is 0.0297. The van der Waals surface area contributed by atoms with Gasteiger partial charge in [0.25, 0.3) is 17.4 Å². The maximum Gasteiger partial charge on any atom is 0.282 e. The van der Waals surface area contributed by atoms with E-state index in [2.05, 4.69) is 10.2 Å². The van der Waals surface area contributed by atoms with Crippen molar-refractivity contribution < 1.29 is 14.7 Å². The van der Waals surface area contributed by atoms with E-state index in [1.807, 2.05) is 18.0 Å². The van der Waals surface area contributed by atoms with Crippen LogP contribution in [0.5, 0.6) is 0 Å². The van der Waals surface area contributed by atoms with Crippen molar-refractivity contribution in [2.75, 3.05) is 25.1 Å². The molecule has 0 bridgehead atoms. The van der Waals surface area contributed by atoms with E-state index in [1.165, 1.54) is 10.9 Å². The van der Waals surface area contributed by atoms with Crippen molar-refractivity contribution in [2.24, 2.45) is 5.10 Å². The number of rotatable bonds is 6. The number of amides is 2. The number of nitrogens with one attached hydrogen (secondary N) is 1. The van der Waals surface area contributed by atoms with E-state index < -0.39 is 11.8 Å². The maximum atomic E-state index is 13.3. The molecule has 0 aliphatic carbocycles. The smallest absolute Gasteiger partial charge is 0.282 e. The number of hydrogen-bond acceptors (Lipinski definition) is 6. The Balaban J connectivity index is 1.53. The van der Waals surface area contributed by atoms with Crippen molar-refractivity contribution in [2.45, 2.75) is 6.92 Å². The van der Waals surface area contributed by atoms with Gasteiger partial charge < -0.3 is 10.0 Å². The monoisotopic (exact) mass is 503 g/mol. The van der Waals surface area contributed by atoms with Crippen LogP contribution in [-0.2, 0) is 0 Å². The number of anilines is 1. The number of nitrogens with zero attached hydrogens (tertiary/aromatic N) is 4. The van der Waals surface area contributed by atoms with Crippen molar-refractivity contribution >= 4 is 46.1 Å². The van der Waals surface area contributed by atoms with Gasteiger partial charge in [-0.3, -0.25) is 19.5 Å². The van der Waals surface area contributed by atoms with E-state index >= 15 is 0 Å². The number of aliphatic hydroxyl groups is 1. The van der Waals surface area contributed by atoms with Gasteiger partial charge in [-0.05, 0) is 49.4 Å². The third-order valence-corrected chi connectivity index (χ3v) is 6.47. The number of aromatic nitrogens is 2. The van der Waals surface area contributed by atoms with Gasteiger partial charge in [0.1, 0.15) is 0 Å². The second-order valence-electron chi connectivity index (χ2n) is 8.44. The third-order valence-electron chi connectivity index (χ3n) is 6.21. The summed E-state index contributed by atoms with van der Waals surface area (Å²) in [6.07, 6.45) is 1.23. The highest BCUT2D eigenvalue weighted by Gasteiger charge is 2.33. The molecule has 0 spiro atoms. The summed E-state index contributed by atoms with van der Waals surface area (Å²) < 4.78 is 1.34. The lowest BCUT2D eigenvalue weighted by atomic mass is 9.93. The lowest BCUT2D eigenvalue weighted by molar-refractivity contribution is 0.0616. The SMILES string of the molecule is Cc1[nH]n(-c2ccc(Cl)cc2)c(=O)c1C=NN1C(=O)c2cccc3c(N(C)CCO)ccc(c23)C1=O. The van der Waals surface area contributed by atoms with E-state index in [0.29, 0.717) is 39.5 Å². The van der Waals surface area contributed by atoms with Gasteiger partial charge in [0.15, 0.2) is 0 Å². The summed E-state index contributed by atoms with van der Waals surface area (Å²) in [5.74, 6) is -1.16. The number of hydrazone groups is 1. The lowest BCUT2D eigenvalue weighted by Gasteiger charge is -2.26. The number of halogens is 1. The molecule has 9 nitrogen and oxygen atoms in total. The Bertz CT molecular complexity index is 1580. The van der Waals surface area contributed by atoms with Crippen molar-refractivity contribution in [3.05, 3.63) is 92.4 Å². The molecule has 2 heterocycles. The zero-order chi connectivity index (χ0) is 25.6. The van der Waals surface area contributed by atoms with E-state index in [9.17, 15) is 19.5 Å². The second-order valence-corrected chi connectivity index (χ2v) is 8.88. The van der Waals surface area contributed by atoms with Crippen LogP contribution >= 0.6 is 11.6 Å². The fourth-order valence-electron chi connectivity index (χ4n) is 4.38. The Kier molecular flexibility index (Phi) is 5.95. The molecule has 182 valence electrons. The van der Waals surface area contributed by atoms with Crippen LogP contribution in [-0.4, -0.2) is 58.1 Å². The number of carbonyl (C=O) groups is 2. The molecule has 0 atom stereocenters. The molecule has 3 aromatic carbocycles. The largest absolute Gasteiger partial charge is 0.395 e. The Hall–Kier alpha value is -4.21. The normalized spacial score (nSPS) is 13.3. The van der Waals surface area contributed by atoms with E-state index in [4.69, 9.17) is 11.6 Å². The molecular formula is C26H22ClN5O4. The van der Waals surface area contributed by atoms with Gasteiger partial charge in [-0.25, -0.2) is 4.68 Å². The third kappa shape index (κ3) is 3.78. The molecule has 0 saturated heterocycles. The average molecular weight is 504 g/mol. The highest BCUT2D eigenvalue weighted by molar-refractivity contribution is 6.30. The van der Waals surface area contributed by atoms with Gasteiger partial charge in [-0.1, -0.05) is 23.7 Å². The molecular weight excluding hydrogens is 482 g/mol. The minimum Gasteiger partial charge on any atom is -0.395 e. The van der Waals surface area contributed by atoms with Gasteiger partial charge in [0.2, 0.25) is 0 Å². The molecule has 1 aromatic heterocycles. The van der Waals surface area contributed by atoms with E-state index in [-0.39, 0.29) is 17.7 Å². The Morgan fingerprint density at radius 3 is 2.42 bits per heavy atom. The second kappa shape index (κ2) is 9.10. The molecule has 0 fully saturated rings. The molecule has 0 radical (unpaired) electrons. The van der Waals surface area contributed by atoms with Crippen LogP contribution in [0, 0.1) is 6.92 Å². The number of hydrogen-bond donors (Lipinski definition) is 2. The summed E-state index contributed by atoms with van der Waals surface area (Å²) in [5.41, 5.74) is 2.42. The molecule has 0 saturated carbocycles. The van der Waals surface area contributed by atoms with Crippen LogP contribution in [0.25, 0.3) is 16.5 Å². The highest BCUT2D eigenvalue weighted by atomic mass is 35.5. The van der Waals surface area contributed by atoms with Crippen LogP contribution in [0.15, 0.2) is 64.5 Å². The van der Waals surface area contributed by atoms with Crippen LogP contribution in [0.4, 0.5) is 5.69 Å². The Morgan fingerprint density at radius 1 is 1.03 bits per heavy atom. The van der Waals surface area contributed by atoms with Crippen LogP contribution in [0.2, 0.25) is 5.02 Å². The number of benzene rings is 3. The zero-order valence-corrected chi connectivity index (χ0v) is 20.3. The van der Waals surface area contributed by atoms with Gasteiger partial charge in [-0.15, -0.1) is 0 Å². The molecule has 2 amide bonds. The predicted molar refractivity (Wildman–Crippen MR) is 139 cm³/mol. The van der Waals surface area contributed by atoms with Crippen molar-refractivity contribution in [1.29, 1.82) is 0 Å². The van der Waals surface area contributed by atoms with Crippen LogP contribution in [0.1, 0.15) is 32.0 Å². The first-order valence-electron chi connectivity index (χ1n) is 11.2. The number of carbonyl (C=O) groups excluding carboxylic acids is 2. The molecule has 4 aromatic rings. The number of H-pyrrole nitrogens is 1. The maximum absolute atomic E-state index is 13.3. The fraction of sp³-hybridized carbons (Fsp3) is 0.154. The number of aromatic amines is 1. The van der Waals surface area contributed by atoms with Crippen molar-refractivity contribution in [3.63, 3.8) is 0 Å². The minimum atomic E-state index is -0.581. The summed E-state index contributed by atoms with van der Waals surface area (Å²) in [4.78, 5) is 41.5. The molecule has 0 unspecified atom stereocenters. The Morgan fingerprint density at radius 2 is 1.72 bits per heavy atom. The van der Waals surface area contributed by atoms with Gasteiger partial charge in [0.05, 0.1) is 35.2 Å². The van der Waals surface area contributed by atoms with Crippen molar-refractivity contribution in [1.82, 2.24) is 14.8 Å². The van der Waals surface area contributed by atoms with Crippen LogP contribution in [0.3, 0.4) is 0 Å². The summed E-state index contributed by atoms with van der Waals surface area (Å²) in [6.45, 7) is 2.08. The predicted octanol–water partition coefficient (Wildman–Crippen LogP) is 3.34. The summed E-state index contributed by atoms with van der Waals surface area (Å²) >= 11 is 5.94. The van der Waals surface area contributed by atoms with E-state index in [1.54, 1.807) is 55.5 Å². The molecule has 1 aliphatic rings. The number of imide groups is 1. The van der Waals surface area contributed by atoms with Crippen LogP contribution < -0.4 is 10.5 Å². The molecule has 1 aliphatic heterocycles.